The van der Waals surface area contributed by atoms with Crippen molar-refractivity contribution in [2.75, 3.05) is 12.8 Å². The van der Waals surface area contributed by atoms with Crippen LogP contribution in [0, 0.1) is 18.3 Å². The first-order valence-electron chi connectivity index (χ1n) is 11.0. The molecule has 2 aromatic rings. The standard InChI is InChI=1S/C25H32N2O3S/c1-17(2)24(28)27-16-25(12-13-25)23(26-31(4,29)30)22(27)15-19-9-7-10-20(14-19)21-11-6-5-8-18(21)3/h5-11,14,17,22-23,26H,12-13,15-16H2,1-4H3. The van der Waals surface area contributed by atoms with Crippen LogP contribution in [0.3, 0.4) is 0 Å². The predicted molar refractivity (Wildman–Crippen MR) is 124 cm³/mol. The topological polar surface area (TPSA) is 66.5 Å². The van der Waals surface area contributed by atoms with E-state index in [9.17, 15) is 13.2 Å². The highest BCUT2D eigenvalue weighted by atomic mass is 32.2. The summed E-state index contributed by atoms with van der Waals surface area (Å²) in [4.78, 5) is 15.0. The number of nitrogens with one attached hydrogen (secondary N) is 1. The molecule has 0 bridgehead atoms. The largest absolute Gasteiger partial charge is 0.337 e. The van der Waals surface area contributed by atoms with Gasteiger partial charge in [0.2, 0.25) is 15.9 Å². The Morgan fingerprint density at radius 3 is 2.48 bits per heavy atom. The number of aryl methyl sites for hydroxylation is 1. The minimum atomic E-state index is -3.38. The number of sulfonamides is 1. The maximum Gasteiger partial charge on any atom is 0.225 e. The molecule has 0 aromatic heterocycles. The third-order valence-electron chi connectivity index (χ3n) is 6.77. The van der Waals surface area contributed by atoms with Gasteiger partial charge in [0.15, 0.2) is 0 Å². The molecule has 1 aliphatic heterocycles. The van der Waals surface area contributed by atoms with Gasteiger partial charge in [0.1, 0.15) is 0 Å². The molecule has 1 heterocycles. The molecule has 0 radical (unpaired) electrons. The van der Waals surface area contributed by atoms with Crippen molar-refractivity contribution in [2.45, 2.75) is 52.1 Å². The van der Waals surface area contributed by atoms with E-state index in [1.54, 1.807) is 0 Å². The number of hydrogen-bond donors (Lipinski definition) is 1. The molecule has 2 atom stereocenters. The number of hydrogen-bond acceptors (Lipinski definition) is 3. The summed E-state index contributed by atoms with van der Waals surface area (Å²) in [5.41, 5.74) is 4.54. The fourth-order valence-electron chi connectivity index (χ4n) is 5.01. The lowest BCUT2D eigenvalue weighted by Gasteiger charge is -2.30. The summed E-state index contributed by atoms with van der Waals surface area (Å²) in [6, 6.07) is 16.3. The van der Waals surface area contributed by atoms with Crippen molar-refractivity contribution in [2.24, 2.45) is 11.3 Å². The second-order valence-corrected chi connectivity index (χ2v) is 11.4. The highest BCUT2D eigenvalue weighted by molar-refractivity contribution is 7.88. The smallest absolute Gasteiger partial charge is 0.225 e. The number of carbonyl (C=O) groups excluding carboxylic acids is 1. The maximum absolute atomic E-state index is 13.1. The Bertz CT molecular complexity index is 1090. The van der Waals surface area contributed by atoms with Crippen molar-refractivity contribution in [1.29, 1.82) is 0 Å². The zero-order chi connectivity index (χ0) is 22.4. The Morgan fingerprint density at radius 1 is 1.16 bits per heavy atom. The van der Waals surface area contributed by atoms with Gasteiger partial charge in [-0.3, -0.25) is 4.79 Å². The zero-order valence-electron chi connectivity index (χ0n) is 18.8. The summed E-state index contributed by atoms with van der Waals surface area (Å²) in [7, 11) is -3.38. The predicted octanol–water partition coefficient (Wildman–Crippen LogP) is 3.77. The van der Waals surface area contributed by atoms with Crippen LogP contribution in [0.4, 0.5) is 0 Å². The highest BCUT2D eigenvalue weighted by Gasteiger charge is 2.61. The Hall–Kier alpha value is -2.18. The molecule has 2 fully saturated rings. The molecule has 5 nitrogen and oxygen atoms in total. The lowest BCUT2D eigenvalue weighted by Crippen LogP contribution is -2.50. The summed E-state index contributed by atoms with van der Waals surface area (Å²) in [6.07, 6.45) is 3.77. The third-order valence-corrected chi connectivity index (χ3v) is 7.45. The van der Waals surface area contributed by atoms with E-state index in [-0.39, 0.29) is 29.3 Å². The van der Waals surface area contributed by atoms with Crippen molar-refractivity contribution in [3.8, 4) is 11.1 Å². The van der Waals surface area contributed by atoms with E-state index in [0.29, 0.717) is 13.0 Å². The Labute approximate surface area is 185 Å². The van der Waals surface area contributed by atoms with Gasteiger partial charge in [-0.2, -0.15) is 0 Å². The van der Waals surface area contributed by atoms with Gasteiger partial charge in [0.05, 0.1) is 12.3 Å². The first-order valence-corrected chi connectivity index (χ1v) is 12.9. The van der Waals surface area contributed by atoms with Gasteiger partial charge in [-0.05, 0) is 48.4 Å². The Kier molecular flexibility index (Phi) is 5.73. The second kappa shape index (κ2) is 8.06. The molecule has 1 saturated heterocycles. The molecular formula is C25H32N2O3S. The maximum atomic E-state index is 13.1. The normalized spacial score (nSPS) is 22.3. The van der Waals surface area contributed by atoms with Gasteiger partial charge in [-0.25, -0.2) is 13.1 Å². The molecule has 2 aliphatic rings. The molecule has 1 spiro atoms. The third kappa shape index (κ3) is 4.55. The SMILES string of the molecule is Cc1ccccc1-c1cccc(CC2C(NS(C)(=O)=O)C3(CC3)CN2C(=O)C(C)C)c1. The average molecular weight is 441 g/mol. The summed E-state index contributed by atoms with van der Waals surface area (Å²) in [5.74, 6) is -0.0160. The lowest BCUT2D eigenvalue weighted by atomic mass is 9.91. The molecule has 6 heteroatoms. The van der Waals surface area contributed by atoms with Gasteiger partial charge >= 0.3 is 0 Å². The second-order valence-electron chi connectivity index (χ2n) is 9.64. The molecule has 166 valence electrons. The van der Waals surface area contributed by atoms with Crippen LogP contribution < -0.4 is 4.72 Å². The first kappa shape index (κ1) is 22.0. The molecule has 2 aromatic carbocycles. The summed E-state index contributed by atoms with van der Waals surface area (Å²) < 4.78 is 27.2. The monoisotopic (exact) mass is 440 g/mol. The zero-order valence-corrected chi connectivity index (χ0v) is 19.6. The van der Waals surface area contributed by atoms with Crippen molar-refractivity contribution in [3.05, 3.63) is 59.7 Å². The van der Waals surface area contributed by atoms with Gasteiger partial charge in [-0.15, -0.1) is 0 Å². The summed E-state index contributed by atoms with van der Waals surface area (Å²) >= 11 is 0. The fraction of sp³-hybridized carbons (Fsp3) is 0.480. The van der Waals surface area contributed by atoms with Crippen LogP contribution in [0.1, 0.15) is 37.8 Å². The van der Waals surface area contributed by atoms with Crippen molar-refractivity contribution in [1.82, 2.24) is 9.62 Å². The highest BCUT2D eigenvalue weighted by Crippen LogP contribution is 2.55. The van der Waals surface area contributed by atoms with Gasteiger partial charge in [0, 0.05) is 23.9 Å². The molecule has 1 amide bonds. The number of benzene rings is 2. The van der Waals surface area contributed by atoms with E-state index in [0.717, 1.165) is 24.0 Å². The van der Waals surface area contributed by atoms with E-state index < -0.39 is 10.0 Å². The Morgan fingerprint density at radius 2 is 1.87 bits per heavy atom. The minimum Gasteiger partial charge on any atom is -0.337 e. The van der Waals surface area contributed by atoms with Crippen LogP contribution in [0.2, 0.25) is 0 Å². The number of amides is 1. The van der Waals surface area contributed by atoms with Crippen LogP contribution in [-0.4, -0.2) is 44.1 Å². The van der Waals surface area contributed by atoms with E-state index in [2.05, 4.69) is 42.0 Å². The van der Waals surface area contributed by atoms with Crippen molar-refractivity contribution in [3.63, 3.8) is 0 Å². The number of rotatable bonds is 6. The average Bonchev–Trinajstić information content (AvgIpc) is 3.43. The first-order chi connectivity index (χ1) is 14.6. The van der Waals surface area contributed by atoms with Crippen LogP contribution >= 0.6 is 0 Å². The van der Waals surface area contributed by atoms with E-state index in [1.807, 2.05) is 36.9 Å². The fourth-order valence-corrected chi connectivity index (χ4v) is 5.88. The Balaban J connectivity index is 1.68. The molecular weight excluding hydrogens is 408 g/mol. The number of nitrogens with zero attached hydrogens (tertiary/aromatic N) is 1. The number of likely N-dealkylation sites (tertiary alicyclic amines) is 1. The molecule has 1 saturated carbocycles. The van der Waals surface area contributed by atoms with Crippen molar-refractivity contribution < 1.29 is 13.2 Å². The molecule has 2 unspecified atom stereocenters. The lowest BCUT2D eigenvalue weighted by molar-refractivity contribution is -0.135. The van der Waals surface area contributed by atoms with Gasteiger partial charge in [-0.1, -0.05) is 62.4 Å². The van der Waals surface area contributed by atoms with E-state index >= 15 is 0 Å². The van der Waals surface area contributed by atoms with Crippen LogP contribution in [0.15, 0.2) is 48.5 Å². The summed E-state index contributed by atoms with van der Waals surface area (Å²) in [6.45, 7) is 6.56. The van der Waals surface area contributed by atoms with Crippen LogP contribution in [0.5, 0.6) is 0 Å². The van der Waals surface area contributed by atoms with Crippen LogP contribution in [0.25, 0.3) is 11.1 Å². The van der Waals surface area contributed by atoms with Crippen LogP contribution in [-0.2, 0) is 21.2 Å². The minimum absolute atomic E-state index is 0.101. The van der Waals surface area contributed by atoms with E-state index in [4.69, 9.17) is 0 Å². The molecule has 31 heavy (non-hydrogen) atoms. The molecule has 1 aliphatic carbocycles. The molecule has 1 N–H and O–H groups in total. The van der Waals surface area contributed by atoms with Crippen molar-refractivity contribution >= 4 is 15.9 Å². The quantitative estimate of drug-likeness (QED) is 0.744. The molecule has 4 rings (SSSR count). The van der Waals surface area contributed by atoms with Gasteiger partial charge in [0.25, 0.3) is 0 Å². The number of carbonyl (C=O) groups is 1. The van der Waals surface area contributed by atoms with Gasteiger partial charge < -0.3 is 4.90 Å². The summed E-state index contributed by atoms with van der Waals surface area (Å²) in [5, 5.41) is 0. The van der Waals surface area contributed by atoms with E-state index in [1.165, 1.54) is 17.4 Å².